The number of rotatable bonds is 6. The lowest BCUT2D eigenvalue weighted by Crippen LogP contribution is -2.28. The molecular weight excluding hydrogens is 385 g/mol. The summed E-state index contributed by atoms with van der Waals surface area (Å²) in [6.07, 6.45) is 0.952. The van der Waals surface area contributed by atoms with Crippen LogP contribution in [0.25, 0.3) is 5.69 Å². The zero-order chi connectivity index (χ0) is 21.3. The van der Waals surface area contributed by atoms with Crippen LogP contribution in [0.1, 0.15) is 47.3 Å². The summed E-state index contributed by atoms with van der Waals surface area (Å²) in [5.41, 5.74) is 2.45. The molecule has 1 N–H and O–H groups in total. The van der Waals surface area contributed by atoms with Crippen LogP contribution in [0.2, 0.25) is 0 Å². The van der Waals surface area contributed by atoms with Gasteiger partial charge in [0.2, 0.25) is 5.91 Å². The van der Waals surface area contributed by atoms with Crippen LogP contribution >= 0.6 is 0 Å². The molecule has 0 bridgehead atoms. The van der Waals surface area contributed by atoms with Crippen LogP contribution in [0.5, 0.6) is 5.75 Å². The lowest BCUT2D eigenvalue weighted by molar-refractivity contribution is -0.116. The molecule has 6 nitrogen and oxygen atoms in total. The third-order valence-corrected chi connectivity index (χ3v) is 5.10. The van der Waals surface area contributed by atoms with Gasteiger partial charge >= 0.3 is 0 Å². The molecule has 1 atom stereocenters. The van der Waals surface area contributed by atoms with Gasteiger partial charge < -0.3 is 10.1 Å². The minimum absolute atomic E-state index is 0.0515. The predicted octanol–water partition coefficient (Wildman–Crippen LogP) is 4.42. The second-order valence-electron chi connectivity index (χ2n) is 7.28. The quantitative estimate of drug-likeness (QED) is 0.614. The number of aromatic nitrogens is 2. The van der Waals surface area contributed by atoms with E-state index in [1.165, 1.54) is 12.1 Å². The molecule has 2 aromatic carbocycles. The number of nitrogens with zero attached hydrogens (tertiary/aromatic N) is 2. The minimum atomic E-state index is -0.634. The SMILES string of the molecule is CCCOc1ccc(C(=O)[C@@H]2CC(=O)Nc3c2c(C)nn3-c2ccc(F)cc2)cc1. The van der Waals surface area contributed by atoms with Gasteiger partial charge in [-0.25, -0.2) is 9.07 Å². The molecule has 0 saturated carbocycles. The molecule has 0 aliphatic carbocycles. The number of carbonyl (C=O) groups excluding carboxylic acids is 2. The summed E-state index contributed by atoms with van der Waals surface area (Å²) < 4.78 is 20.4. The second kappa shape index (κ2) is 8.10. The van der Waals surface area contributed by atoms with Gasteiger partial charge in [0, 0.05) is 17.5 Å². The predicted molar refractivity (Wildman–Crippen MR) is 111 cm³/mol. The fourth-order valence-corrected chi connectivity index (χ4v) is 3.68. The molecule has 0 radical (unpaired) electrons. The Morgan fingerprint density at radius 3 is 2.57 bits per heavy atom. The number of ether oxygens (including phenoxy) is 1. The fraction of sp³-hybridized carbons (Fsp3) is 0.261. The molecule has 154 valence electrons. The molecule has 7 heteroatoms. The third-order valence-electron chi connectivity index (χ3n) is 5.10. The Labute approximate surface area is 173 Å². The van der Waals surface area contributed by atoms with E-state index in [4.69, 9.17) is 4.74 Å². The molecule has 0 fully saturated rings. The largest absolute Gasteiger partial charge is 0.494 e. The van der Waals surface area contributed by atoms with E-state index in [-0.39, 0.29) is 23.9 Å². The number of hydrogen-bond donors (Lipinski definition) is 1. The number of hydrogen-bond acceptors (Lipinski definition) is 4. The molecule has 1 amide bonds. The third kappa shape index (κ3) is 3.70. The first-order chi connectivity index (χ1) is 14.5. The first-order valence-corrected chi connectivity index (χ1v) is 9.90. The van der Waals surface area contributed by atoms with Crippen LogP contribution in [0.15, 0.2) is 48.5 Å². The van der Waals surface area contributed by atoms with Crippen molar-refractivity contribution in [1.29, 1.82) is 0 Å². The number of fused-ring (bicyclic) bond motifs is 1. The van der Waals surface area contributed by atoms with E-state index in [0.717, 1.165) is 6.42 Å². The van der Waals surface area contributed by atoms with Crippen molar-refractivity contribution in [2.75, 3.05) is 11.9 Å². The molecule has 1 aromatic heterocycles. The van der Waals surface area contributed by atoms with Crippen LogP contribution < -0.4 is 10.1 Å². The van der Waals surface area contributed by atoms with E-state index in [2.05, 4.69) is 10.4 Å². The first kappa shape index (κ1) is 19.8. The van der Waals surface area contributed by atoms with E-state index >= 15 is 0 Å². The molecule has 0 saturated heterocycles. The van der Waals surface area contributed by atoms with Gasteiger partial charge in [0.25, 0.3) is 0 Å². The zero-order valence-electron chi connectivity index (χ0n) is 16.8. The van der Waals surface area contributed by atoms with E-state index in [1.54, 1.807) is 48.0 Å². The molecule has 2 heterocycles. The monoisotopic (exact) mass is 407 g/mol. The highest BCUT2D eigenvalue weighted by Gasteiger charge is 2.36. The number of anilines is 1. The van der Waals surface area contributed by atoms with E-state index in [1.807, 2.05) is 6.92 Å². The summed E-state index contributed by atoms with van der Waals surface area (Å²) in [6, 6.07) is 12.8. The van der Waals surface area contributed by atoms with Crippen molar-refractivity contribution in [3.05, 3.63) is 71.2 Å². The molecule has 3 aromatic rings. The number of benzene rings is 2. The van der Waals surface area contributed by atoms with Crippen LogP contribution in [0, 0.1) is 12.7 Å². The number of amides is 1. The van der Waals surface area contributed by atoms with Crippen LogP contribution in [-0.4, -0.2) is 28.1 Å². The summed E-state index contributed by atoms with van der Waals surface area (Å²) >= 11 is 0. The maximum absolute atomic E-state index is 13.3. The fourth-order valence-electron chi connectivity index (χ4n) is 3.68. The Hall–Kier alpha value is -3.48. The summed E-state index contributed by atoms with van der Waals surface area (Å²) in [5, 5.41) is 7.33. The van der Waals surface area contributed by atoms with Gasteiger partial charge in [-0.05, 0) is 61.9 Å². The summed E-state index contributed by atoms with van der Waals surface area (Å²) in [7, 11) is 0. The topological polar surface area (TPSA) is 73.2 Å². The second-order valence-corrected chi connectivity index (χ2v) is 7.28. The minimum Gasteiger partial charge on any atom is -0.494 e. The van der Waals surface area contributed by atoms with Crippen molar-refractivity contribution < 1.29 is 18.7 Å². The highest BCUT2D eigenvalue weighted by molar-refractivity contribution is 6.08. The zero-order valence-corrected chi connectivity index (χ0v) is 16.8. The first-order valence-electron chi connectivity index (χ1n) is 9.90. The van der Waals surface area contributed by atoms with Crippen LogP contribution in [0.4, 0.5) is 10.2 Å². The number of aryl methyl sites for hydroxylation is 1. The Balaban J connectivity index is 1.69. The summed E-state index contributed by atoms with van der Waals surface area (Å²) in [5.74, 6) is -0.236. The van der Waals surface area contributed by atoms with Gasteiger partial charge in [0.1, 0.15) is 17.4 Å². The Morgan fingerprint density at radius 2 is 1.90 bits per heavy atom. The van der Waals surface area contributed by atoms with Crippen molar-refractivity contribution in [3.63, 3.8) is 0 Å². The van der Waals surface area contributed by atoms with Gasteiger partial charge in [-0.2, -0.15) is 5.10 Å². The normalized spacial score (nSPS) is 15.4. The molecular formula is C23H22FN3O3. The van der Waals surface area contributed by atoms with Gasteiger partial charge in [-0.15, -0.1) is 0 Å². The number of halogens is 1. The van der Waals surface area contributed by atoms with Crippen LogP contribution in [-0.2, 0) is 4.79 Å². The average molecular weight is 407 g/mol. The van der Waals surface area contributed by atoms with Crippen molar-refractivity contribution >= 4 is 17.5 Å². The summed E-state index contributed by atoms with van der Waals surface area (Å²) in [6.45, 7) is 4.44. The van der Waals surface area contributed by atoms with Gasteiger partial charge in [0.05, 0.1) is 23.9 Å². The van der Waals surface area contributed by atoms with Crippen molar-refractivity contribution in [2.45, 2.75) is 32.6 Å². The van der Waals surface area contributed by atoms with Gasteiger partial charge in [0.15, 0.2) is 5.78 Å². The molecule has 30 heavy (non-hydrogen) atoms. The van der Waals surface area contributed by atoms with Crippen molar-refractivity contribution in [1.82, 2.24) is 9.78 Å². The number of carbonyl (C=O) groups is 2. The van der Waals surface area contributed by atoms with Crippen molar-refractivity contribution in [2.24, 2.45) is 0 Å². The molecule has 1 aliphatic heterocycles. The maximum atomic E-state index is 13.3. The highest BCUT2D eigenvalue weighted by Crippen LogP contribution is 2.38. The lowest BCUT2D eigenvalue weighted by atomic mass is 9.85. The molecule has 0 unspecified atom stereocenters. The van der Waals surface area contributed by atoms with Gasteiger partial charge in [-0.3, -0.25) is 9.59 Å². The Morgan fingerprint density at radius 1 is 1.20 bits per heavy atom. The van der Waals surface area contributed by atoms with Crippen molar-refractivity contribution in [3.8, 4) is 11.4 Å². The van der Waals surface area contributed by atoms with Gasteiger partial charge in [-0.1, -0.05) is 6.92 Å². The van der Waals surface area contributed by atoms with E-state index in [0.29, 0.717) is 40.7 Å². The van der Waals surface area contributed by atoms with E-state index < -0.39 is 5.92 Å². The molecule has 1 aliphatic rings. The van der Waals surface area contributed by atoms with E-state index in [9.17, 15) is 14.0 Å². The number of Topliss-reactive ketones (excluding diaryl/α,β-unsaturated/α-hetero) is 1. The average Bonchev–Trinajstić information content (AvgIpc) is 3.08. The van der Waals surface area contributed by atoms with Crippen LogP contribution in [0.3, 0.4) is 0 Å². The number of ketones is 1. The Bertz CT molecular complexity index is 1090. The smallest absolute Gasteiger partial charge is 0.226 e. The Kier molecular flexibility index (Phi) is 5.35. The molecule has 4 rings (SSSR count). The highest BCUT2D eigenvalue weighted by atomic mass is 19.1. The standard InChI is InChI=1S/C23H22FN3O3/c1-3-12-30-18-10-4-15(5-11-18)22(29)19-13-20(28)25-23-21(19)14(2)26-27(23)17-8-6-16(24)7-9-17/h4-11,19H,3,12-13H2,1-2H3,(H,25,28)/t19-/m1/s1. The summed E-state index contributed by atoms with van der Waals surface area (Å²) in [4.78, 5) is 25.7. The molecule has 0 spiro atoms. The lowest BCUT2D eigenvalue weighted by Gasteiger charge is -2.23. The maximum Gasteiger partial charge on any atom is 0.226 e. The number of nitrogens with one attached hydrogen (secondary N) is 1.